The summed E-state index contributed by atoms with van der Waals surface area (Å²) in [6.07, 6.45) is 0. The molecule has 7 heteroatoms. The van der Waals surface area contributed by atoms with Crippen molar-refractivity contribution >= 4 is 29.2 Å². The summed E-state index contributed by atoms with van der Waals surface area (Å²) >= 11 is 1.66. The number of amides is 1. The summed E-state index contributed by atoms with van der Waals surface area (Å²) in [6, 6.07) is 19.3. The number of anilines is 2. The van der Waals surface area contributed by atoms with E-state index < -0.39 is 0 Å². The number of morpholine rings is 1. The molecule has 2 aromatic carbocycles. The van der Waals surface area contributed by atoms with Gasteiger partial charge in [-0.3, -0.25) is 4.79 Å². The highest BCUT2D eigenvalue weighted by molar-refractivity contribution is 7.99. The van der Waals surface area contributed by atoms with Crippen molar-refractivity contribution in [1.29, 1.82) is 0 Å². The molecule has 0 saturated carbocycles. The van der Waals surface area contributed by atoms with E-state index in [1.165, 1.54) is 0 Å². The molecule has 0 unspecified atom stereocenters. The highest BCUT2D eigenvalue weighted by Gasteiger charge is 2.14. The van der Waals surface area contributed by atoms with Crippen LogP contribution in [0.2, 0.25) is 0 Å². The number of thioether (sulfide) groups is 1. The maximum absolute atomic E-state index is 12.8. The normalized spacial score (nSPS) is 13.8. The first kappa shape index (κ1) is 20.4. The van der Waals surface area contributed by atoms with E-state index in [1.807, 2.05) is 60.7 Å². The first-order valence-corrected chi connectivity index (χ1v) is 11.0. The Labute approximate surface area is 180 Å². The van der Waals surface area contributed by atoms with Gasteiger partial charge in [-0.1, -0.05) is 31.2 Å². The number of nitrogens with one attached hydrogen (secondary N) is 1. The van der Waals surface area contributed by atoms with E-state index >= 15 is 0 Å². The molecule has 1 N–H and O–H groups in total. The minimum Gasteiger partial charge on any atom is -0.378 e. The SMILES string of the molecule is CCSc1ccccc1C(=O)Nc1cccc(-c2ccc(N3CCOCC3)nn2)c1. The van der Waals surface area contributed by atoms with Crippen molar-refractivity contribution in [1.82, 2.24) is 10.2 Å². The Morgan fingerprint density at radius 3 is 2.67 bits per heavy atom. The van der Waals surface area contributed by atoms with Crippen molar-refractivity contribution < 1.29 is 9.53 Å². The molecular formula is C23H24N4O2S. The van der Waals surface area contributed by atoms with E-state index in [4.69, 9.17) is 4.74 Å². The topological polar surface area (TPSA) is 67.4 Å². The third-order valence-corrected chi connectivity index (χ3v) is 5.79. The van der Waals surface area contributed by atoms with Crippen molar-refractivity contribution in [3.63, 3.8) is 0 Å². The van der Waals surface area contributed by atoms with E-state index in [0.717, 1.165) is 46.5 Å². The van der Waals surface area contributed by atoms with E-state index in [0.29, 0.717) is 18.8 Å². The van der Waals surface area contributed by atoms with Crippen molar-refractivity contribution in [3.05, 3.63) is 66.2 Å². The lowest BCUT2D eigenvalue weighted by molar-refractivity contribution is 0.102. The number of benzene rings is 2. The number of ether oxygens (including phenoxy) is 1. The molecule has 1 aliphatic heterocycles. The monoisotopic (exact) mass is 420 g/mol. The number of hydrogen-bond acceptors (Lipinski definition) is 6. The van der Waals surface area contributed by atoms with Gasteiger partial charge in [0, 0.05) is 29.2 Å². The maximum atomic E-state index is 12.8. The lowest BCUT2D eigenvalue weighted by Crippen LogP contribution is -2.36. The van der Waals surface area contributed by atoms with Crippen LogP contribution in [0.3, 0.4) is 0 Å². The van der Waals surface area contributed by atoms with E-state index in [2.05, 4.69) is 27.3 Å². The van der Waals surface area contributed by atoms with E-state index in [-0.39, 0.29) is 5.91 Å². The van der Waals surface area contributed by atoms with Crippen LogP contribution >= 0.6 is 11.8 Å². The Balaban J connectivity index is 1.49. The summed E-state index contributed by atoms with van der Waals surface area (Å²) in [5, 5.41) is 11.8. The first-order chi connectivity index (χ1) is 14.7. The summed E-state index contributed by atoms with van der Waals surface area (Å²) < 4.78 is 5.39. The number of carbonyl (C=O) groups excluding carboxylic acids is 1. The highest BCUT2D eigenvalue weighted by atomic mass is 32.2. The Bertz CT molecular complexity index is 1000. The van der Waals surface area contributed by atoms with Crippen LogP contribution in [0.4, 0.5) is 11.5 Å². The summed E-state index contributed by atoms with van der Waals surface area (Å²) in [7, 11) is 0. The second kappa shape index (κ2) is 9.73. The molecular weight excluding hydrogens is 396 g/mol. The lowest BCUT2D eigenvalue weighted by Gasteiger charge is -2.27. The third-order valence-electron chi connectivity index (χ3n) is 4.83. The molecule has 3 aromatic rings. The molecule has 0 aliphatic carbocycles. The molecule has 1 aliphatic rings. The molecule has 0 spiro atoms. The number of nitrogens with zero attached hydrogens (tertiary/aromatic N) is 3. The molecule has 2 heterocycles. The van der Waals surface area contributed by atoms with Crippen molar-refractivity contribution in [2.24, 2.45) is 0 Å². The molecule has 30 heavy (non-hydrogen) atoms. The quantitative estimate of drug-likeness (QED) is 0.598. The molecule has 0 atom stereocenters. The molecule has 154 valence electrons. The standard InChI is InChI=1S/C23H24N4O2S/c1-2-30-21-9-4-3-8-19(21)23(28)24-18-7-5-6-17(16-18)20-10-11-22(26-25-20)27-12-14-29-15-13-27/h3-11,16H,2,12-15H2,1H3,(H,24,28). The van der Waals surface area contributed by atoms with Gasteiger partial charge in [-0.05, 0) is 42.2 Å². The van der Waals surface area contributed by atoms with Crippen LogP contribution in [0.5, 0.6) is 0 Å². The van der Waals surface area contributed by atoms with Gasteiger partial charge < -0.3 is 15.0 Å². The van der Waals surface area contributed by atoms with Gasteiger partial charge in [0.15, 0.2) is 5.82 Å². The second-order valence-corrected chi connectivity index (χ2v) is 8.15. The largest absolute Gasteiger partial charge is 0.378 e. The maximum Gasteiger partial charge on any atom is 0.256 e. The van der Waals surface area contributed by atoms with Crippen LogP contribution in [0, 0.1) is 0 Å². The summed E-state index contributed by atoms with van der Waals surface area (Å²) in [6.45, 7) is 5.16. The number of rotatable bonds is 6. The predicted octanol–water partition coefficient (Wildman–Crippen LogP) is 4.34. The van der Waals surface area contributed by atoms with Crippen molar-refractivity contribution in [2.45, 2.75) is 11.8 Å². The minimum absolute atomic E-state index is 0.113. The van der Waals surface area contributed by atoms with Crippen LogP contribution in [-0.4, -0.2) is 48.2 Å². The molecule has 1 amide bonds. The summed E-state index contributed by atoms with van der Waals surface area (Å²) in [4.78, 5) is 16.0. The van der Waals surface area contributed by atoms with Gasteiger partial charge in [0.2, 0.25) is 0 Å². The zero-order chi connectivity index (χ0) is 20.8. The molecule has 1 fully saturated rings. The van der Waals surface area contributed by atoms with Gasteiger partial charge in [-0.15, -0.1) is 22.0 Å². The molecule has 4 rings (SSSR count). The molecule has 1 aromatic heterocycles. The van der Waals surface area contributed by atoms with Crippen molar-refractivity contribution in [2.75, 3.05) is 42.3 Å². The van der Waals surface area contributed by atoms with Crippen LogP contribution < -0.4 is 10.2 Å². The summed E-state index contributed by atoms with van der Waals surface area (Å²) in [5.74, 6) is 1.66. The molecule has 1 saturated heterocycles. The predicted molar refractivity (Wildman–Crippen MR) is 121 cm³/mol. The fourth-order valence-electron chi connectivity index (χ4n) is 3.33. The Kier molecular flexibility index (Phi) is 6.61. The van der Waals surface area contributed by atoms with Gasteiger partial charge in [0.25, 0.3) is 5.91 Å². The van der Waals surface area contributed by atoms with Crippen LogP contribution in [-0.2, 0) is 4.74 Å². The molecule has 0 bridgehead atoms. The van der Waals surface area contributed by atoms with Crippen LogP contribution in [0.15, 0.2) is 65.6 Å². The van der Waals surface area contributed by atoms with Gasteiger partial charge in [-0.2, -0.15) is 0 Å². The smallest absolute Gasteiger partial charge is 0.256 e. The molecule has 0 radical (unpaired) electrons. The molecule has 6 nitrogen and oxygen atoms in total. The van der Waals surface area contributed by atoms with Gasteiger partial charge in [0.1, 0.15) is 0 Å². The first-order valence-electron chi connectivity index (χ1n) is 10.0. The van der Waals surface area contributed by atoms with Gasteiger partial charge >= 0.3 is 0 Å². The average molecular weight is 421 g/mol. The van der Waals surface area contributed by atoms with Crippen molar-refractivity contribution in [3.8, 4) is 11.3 Å². The third kappa shape index (κ3) is 4.80. The number of aromatic nitrogens is 2. The van der Waals surface area contributed by atoms with Gasteiger partial charge in [-0.25, -0.2) is 0 Å². The van der Waals surface area contributed by atoms with E-state index in [1.54, 1.807) is 11.8 Å². The second-order valence-electron chi connectivity index (χ2n) is 6.84. The number of hydrogen-bond donors (Lipinski definition) is 1. The number of carbonyl (C=O) groups is 1. The Morgan fingerprint density at radius 2 is 1.90 bits per heavy atom. The highest BCUT2D eigenvalue weighted by Crippen LogP contribution is 2.25. The van der Waals surface area contributed by atoms with Gasteiger partial charge in [0.05, 0.1) is 24.5 Å². The summed E-state index contributed by atoms with van der Waals surface area (Å²) in [5.41, 5.74) is 3.09. The zero-order valence-corrected chi connectivity index (χ0v) is 17.7. The fraction of sp³-hybridized carbons (Fsp3) is 0.261. The minimum atomic E-state index is -0.113. The average Bonchev–Trinajstić information content (AvgIpc) is 2.80. The Hall–Kier alpha value is -2.90. The zero-order valence-electron chi connectivity index (χ0n) is 16.9. The van der Waals surface area contributed by atoms with E-state index in [9.17, 15) is 4.79 Å². The van der Waals surface area contributed by atoms with Crippen LogP contribution in [0.1, 0.15) is 17.3 Å². The lowest BCUT2D eigenvalue weighted by atomic mass is 10.1. The fourth-order valence-corrected chi connectivity index (χ4v) is 4.13. The Morgan fingerprint density at radius 1 is 1.07 bits per heavy atom. The van der Waals surface area contributed by atoms with Crippen LogP contribution in [0.25, 0.3) is 11.3 Å².